The summed E-state index contributed by atoms with van der Waals surface area (Å²) in [5.74, 6) is 2.58. The van der Waals surface area contributed by atoms with Crippen LogP contribution >= 0.6 is 0 Å². The maximum atomic E-state index is 4.98. The molecule has 3 heterocycles. The number of piperazine rings is 1. The molecule has 29 heavy (non-hydrogen) atoms. The molecule has 1 aliphatic rings. The lowest BCUT2D eigenvalue weighted by Gasteiger charge is -2.35. The third kappa shape index (κ3) is 3.49. The number of nitrogens with zero attached hydrogens (tertiary/aromatic N) is 6. The fraction of sp³-hybridized carbons (Fsp3) is 0.217. The largest absolute Gasteiger partial charge is 0.353 e. The van der Waals surface area contributed by atoms with E-state index in [0.29, 0.717) is 0 Å². The van der Waals surface area contributed by atoms with Crippen LogP contribution in [0.15, 0.2) is 66.9 Å². The van der Waals surface area contributed by atoms with Gasteiger partial charge in [0.05, 0.1) is 11.2 Å². The summed E-state index contributed by atoms with van der Waals surface area (Å²) in [5, 5.41) is 1.08. The van der Waals surface area contributed by atoms with E-state index >= 15 is 0 Å². The van der Waals surface area contributed by atoms with Crippen molar-refractivity contribution in [2.24, 2.45) is 0 Å². The molecule has 6 nitrogen and oxygen atoms in total. The van der Waals surface area contributed by atoms with E-state index < -0.39 is 0 Å². The van der Waals surface area contributed by atoms with Gasteiger partial charge >= 0.3 is 0 Å². The number of aryl methyl sites for hydroxylation is 1. The van der Waals surface area contributed by atoms with Gasteiger partial charge in [-0.1, -0.05) is 48.5 Å². The van der Waals surface area contributed by atoms with E-state index in [2.05, 4.69) is 44.0 Å². The molecule has 0 radical (unpaired) electrons. The summed E-state index contributed by atoms with van der Waals surface area (Å²) in [6, 6.07) is 20.5. The van der Waals surface area contributed by atoms with Gasteiger partial charge in [0.25, 0.3) is 0 Å². The predicted octanol–water partition coefficient (Wildman–Crippen LogP) is 3.72. The van der Waals surface area contributed by atoms with Crippen LogP contribution in [0.4, 0.5) is 11.8 Å². The van der Waals surface area contributed by atoms with Crippen LogP contribution in [0.2, 0.25) is 0 Å². The molecule has 0 atom stereocenters. The lowest BCUT2D eigenvalue weighted by Crippen LogP contribution is -2.47. The lowest BCUT2D eigenvalue weighted by atomic mass is 10.1. The van der Waals surface area contributed by atoms with Crippen molar-refractivity contribution in [3.8, 4) is 11.3 Å². The van der Waals surface area contributed by atoms with Crippen molar-refractivity contribution in [2.45, 2.75) is 6.92 Å². The van der Waals surface area contributed by atoms with Crippen LogP contribution in [-0.2, 0) is 0 Å². The second kappa shape index (κ2) is 7.47. The van der Waals surface area contributed by atoms with E-state index in [1.54, 1.807) is 0 Å². The zero-order chi connectivity index (χ0) is 19.6. The Morgan fingerprint density at radius 2 is 1.45 bits per heavy atom. The maximum Gasteiger partial charge on any atom is 0.226 e. The second-order valence-corrected chi connectivity index (χ2v) is 7.19. The smallest absolute Gasteiger partial charge is 0.226 e. The summed E-state index contributed by atoms with van der Waals surface area (Å²) in [6.07, 6.45) is 1.82. The van der Waals surface area contributed by atoms with Crippen LogP contribution in [-0.4, -0.2) is 46.1 Å². The van der Waals surface area contributed by atoms with Gasteiger partial charge in [-0.05, 0) is 19.1 Å². The van der Waals surface area contributed by atoms with Crippen LogP contribution in [0.5, 0.6) is 0 Å². The summed E-state index contributed by atoms with van der Waals surface area (Å²) in [7, 11) is 0. The maximum absolute atomic E-state index is 4.98. The molecule has 2 aromatic carbocycles. The fourth-order valence-corrected chi connectivity index (χ4v) is 3.78. The first-order valence-corrected chi connectivity index (χ1v) is 9.90. The molecule has 0 amide bonds. The van der Waals surface area contributed by atoms with Crippen LogP contribution in [0.1, 0.15) is 5.82 Å². The molecule has 5 rings (SSSR count). The highest BCUT2D eigenvalue weighted by Gasteiger charge is 2.21. The van der Waals surface area contributed by atoms with Gasteiger partial charge in [0, 0.05) is 43.3 Å². The molecule has 0 N–H and O–H groups in total. The van der Waals surface area contributed by atoms with E-state index in [0.717, 1.165) is 65.9 Å². The molecule has 0 bridgehead atoms. The molecular weight excluding hydrogens is 360 g/mol. The molecule has 144 valence electrons. The van der Waals surface area contributed by atoms with Gasteiger partial charge in [0.2, 0.25) is 5.95 Å². The molecule has 1 saturated heterocycles. The van der Waals surface area contributed by atoms with E-state index in [1.165, 1.54) is 0 Å². The number of hydrogen-bond acceptors (Lipinski definition) is 6. The van der Waals surface area contributed by atoms with Crippen molar-refractivity contribution in [1.29, 1.82) is 0 Å². The van der Waals surface area contributed by atoms with E-state index in [-0.39, 0.29) is 0 Å². The molecule has 0 spiro atoms. The minimum absolute atomic E-state index is 0.793. The minimum atomic E-state index is 0.793. The van der Waals surface area contributed by atoms with Crippen LogP contribution < -0.4 is 9.80 Å². The first-order chi connectivity index (χ1) is 14.3. The Morgan fingerprint density at radius 3 is 2.24 bits per heavy atom. The van der Waals surface area contributed by atoms with E-state index in [4.69, 9.17) is 9.97 Å². The quantitative estimate of drug-likeness (QED) is 0.538. The van der Waals surface area contributed by atoms with Gasteiger partial charge in [-0.15, -0.1) is 0 Å². The number of fused-ring (bicyclic) bond motifs is 1. The highest BCUT2D eigenvalue weighted by Crippen LogP contribution is 2.28. The van der Waals surface area contributed by atoms with Gasteiger partial charge in [0.15, 0.2) is 0 Å². The molecule has 0 aliphatic carbocycles. The number of hydrogen-bond donors (Lipinski definition) is 0. The van der Waals surface area contributed by atoms with Gasteiger partial charge in [-0.3, -0.25) is 0 Å². The molecule has 4 aromatic rings. The molecular formula is C23H22N6. The van der Waals surface area contributed by atoms with Gasteiger partial charge in [-0.2, -0.15) is 0 Å². The number of anilines is 2. The Labute approximate surface area is 169 Å². The summed E-state index contributed by atoms with van der Waals surface area (Å²) in [5.41, 5.74) is 3.08. The average molecular weight is 382 g/mol. The molecule has 2 aromatic heterocycles. The summed E-state index contributed by atoms with van der Waals surface area (Å²) < 4.78 is 0. The molecule has 0 unspecified atom stereocenters. The Balaban J connectivity index is 1.45. The molecule has 1 aliphatic heterocycles. The summed E-state index contributed by atoms with van der Waals surface area (Å²) >= 11 is 0. The highest BCUT2D eigenvalue weighted by molar-refractivity contribution is 5.93. The van der Waals surface area contributed by atoms with Gasteiger partial charge in [-0.25, -0.2) is 19.9 Å². The monoisotopic (exact) mass is 382 g/mol. The SMILES string of the molecule is Cc1nccc(N2CCN(c3nc(-c4ccccc4)c4ccccc4n3)CC2)n1. The van der Waals surface area contributed by atoms with Crippen molar-refractivity contribution in [1.82, 2.24) is 19.9 Å². The molecule has 0 saturated carbocycles. The second-order valence-electron chi connectivity index (χ2n) is 7.19. The van der Waals surface area contributed by atoms with Crippen LogP contribution in [0.25, 0.3) is 22.2 Å². The van der Waals surface area contributed by atoms with Crippen molar-refractivity contribution in [3.05, 3.63) is 72.7 Å². The fourth-order valence-electron chi connectivity index (χ4n) is 3.78. The Morgan fingerprint density at radius 1 is 0.724 bits per heavy atom. The van der Waals surface area contributed by atoms with Crippen molar-refractivity contribution in [3.63, 3.8) is 0 Å². The van der Waals surface area contributed by atoms with Gasteiger partial charge < -0.3 is 9.80 Å². The molecule has 6 heteroatoms. The molecule has 1 fully saturated rings. The van der Waals surface area contributed by atoms with Crippen molar-refractivity contribution in [2.75, 3.05) is 36.0 Å². The van der Waals surface area contributed by atoms with E-state index in [1.807, 2.05) is 49.5 Å². The Bertz CT molecular complexity index is 1140. The third-order valence-corrected chi connectivity index (χ3v) is 5.29. The Kier molecular flexibility index (Phi) is 4.52. The zero-order valence-electron chi connectivity index (χ0n) is 16.4. The number of benzene rings is 2. The number of rotatable bonds is 3. The number of aromatic nitrogens is 4. The first kappa shape index (κ1) is 17.6. The highest BCUT2D eigenvalue weighted by atomic mass is 15.3. The normalized spacial score (nSPS) is 14.4. The number of para-hydroxylation sites is 1. The topological polar surface area (TPSA) is 58.0 Å². The van der Waals surface area contributed by atoms with Crippen molar-refractivity contribution < 1.29 is 0 Å². The lowest BCUT2D eigenvalue weighted by molar-refractivity contribution is 0.634. The van der Waals surface area contributed by atoms with Crippen LogP contribution in [0, 0.1) is 6.92 Å². The third-order valence-electron chi connectivity index (χ3n) is 5.29. The standard InChI is InChI=1S/C23H22N6/c1-17-24-12-11-21(25-17)28-13-15-29(16-14-28)23-26-20-10-6-5-9-19(20)22(27-23)18-7-3-2-4-8-18/h2-12H,13-16H2,1H3. The predicted molar refractivity (Wildman–Crippen MR) is 116 cm³/mol. The minimum Gasteiger partial charge on any atom is -0.353 e. The zero-order valence-corrected chi connectivity index (χ0v) is 16.4. The summed E-state index contributed by atoms with van der Waals surface area (Å²) in [4.78, 5) is 23.2. The Hall–Kier alpha value is -3.54. The van der Waals surface area contributed by atoms with Crippen LogP contribution in [0.3, 0.4) is 0 Å². The average Bonchev–Trinajstić information content (AvgIpc) is 2.79. The van der Waals surface area contributed by atoms with Crippen molar-refractivity contribution >= 4 is 22.7 Å². The van der Waals surface area contributed by atoms with Gasteiger partial charge in [0.1, 0.15) is 11.6 Å². The van der Waals surface area contributed by atoms with E-state index in [9.17, 15) is 0 Å². The summed E-state index contributed by atoms with van der Waals surface area (Å²) in [6.45, 7) is 5.40. The first-order valence-electron chi connectivity index (χ1n) is 9.90.